The lowest BCUT2D eigenvalue weighted by molar-refractivity contribution is -0.384. The average molecular weight is 368 g/mol. The molecule has 134 valence electrons. The van der Waals surface area contributed by atoms with E-state index in [-0.39, 0.29) is 10.6 Å². The molecule has 6 nitrogen and oxygen atoms in total. The molecular weight excluding hydrogens is 348 g/mol. The first kappa shape index (κ1) is 16.8. The van der Waals surface area contributed by atoms with Gasteiger partial charge in [-0.3, -0.25) is 10.1 Å². The van der Waals surface area contributed by atoms with Gasteiger partial charge in [0, 0.05) is 48.5 Å². The summed E-state index contributed by atoms with van der Waals surface area (Å²) in [5, 5.41) is 17.0. The lowest BCUT2D eigenvalue weighted by Crippen LogP contribution is -2.44. The van der Waals surface area contributed by atoms with E-state index in [2.05, 4.69) is 40.4 Å². The van der Waals surface area contributed by atoms with Crippen molar-refractivity contribution in [3.8, 4) is 10.4 Å². The van der Waals surface area contributed by atoms with E-state index in [1.165, 1.54) is 10.4 Å². The van der Waals surface area contributed by atoms with E-state index in [9.17, 15) is 10.1 Å². The summed E-state index contributed by atoms with van der Waals surface area (Å²) in [4.78, 5) is 16.9. The normalized spacial score (nSPS) is 15.3. The molecule has 0 atom stereocenters. The van der Waals surface area contributed by atoms with Crippen LogP contribution in [0.4, 0.5) is 22.7 Å². The van der Waals surface area contributed by atoms with Crippen molar-refractivity contribution in [3.05, 3.63) is 58.0 Å². The maximum Gasteiger partial charge on any atom is 0.294 e. The van der Waals surface area contributed by atoms with Crippen LogP contribution in [0.2, 0.25) is 0 Å². The quantitative estimate of drug-likeness (QED) is 0.551. The van der Waals surface area contributed by atoms with Gasteiger partial charge in [0.15, 0.2) is 0 Å². The highest BCUT2D eigenvalue weighted by Crippen LogP contribution is 2.36. The Morgan fingerprint density at radius 2 is 1.88 bits per heavy atom. The molecule has 1 aliphatic carbocycles. The highest BCUT2D eigenvalue weighted by Gasteiger charge is 2.23. The second-order valence-electron chi connectivity index (χ2n) is 6.55. The van der Waals surface area contributed by atoms with E-state index < -0.39 is 0 Å². The fourth-order valence-corrected chi connectivity index (χ4v) is 4.06. The second kappa shape index (κ2) is 6.93. The summed E-state index contributed by atoms with van der Waals surface area (Å²) in [6.07, 6.45) is 0. The molecule has 1 fully saturated rings. The topological polar surface area (TPSA) is 61.6 Å². The molecule has 2 aliphatic heterocycles. The minimum atomic E-state index is -0.289. The zero-order chi connectivity index (χ0) is 18.1. The van der Waals surface area contributed by atoms with Gasteiger partial charge in [-0.1, -0.05) is 12.1 Å². The molecule has 1 saturated heterocycles. The van der Waals surface area contributed by atoms with Crippen LogP contribution in [-0.2, 0) is 0 Å². The molecule has 1 N–H and O–H groups in total. The summed E-state index contributed by atoms with van der Waals surface area (Å²) in [5.41, 5.74) is 3.70. The number of fused-ring (bicyclic) bond motifs is 1. The minimum Gasteiger partial charge on any atom is -0.363 e. The number of benzene rings is 1. The predicted octanol–water partition coefficient (Wildman–Crippen LogP) is 4.26. The molecule has 0 radical (unpaired) electrons. The third-order valence-electron chi connectivity index (χ3n) is 4.74. The zero-order valence-corrected chi connectivity index (χ0v) is 15.3. The highest BCUT2D eigenvalue weighted by molar-refractivity contribution is 7.13. The van der Waals surface area contributed by atoms with E-state index in [1.54, 1.807) is 17.4 Å². The number of nitro benzene ring substituents is 1. The van der Waals surface area contributed by atoms with Gasteiger partial charge in [0.1, 0.15) is 5.69 Å². The maximum absolute atomic E-state index is 11.6. The molecule has 3 aliphatic rings. The summed E-state index contributed by atoms with van der Waals surface area (Å²) in [6.45, 7) is 3.44. The Balaban J connectivity index is 1.61. The van der Waals surface area contributed by atoms with Crippen molar-refractivity contribution < 1.29 is 4.92 Å². The summed E-state index contributed by atoms with van der Waals surface area (Å²) in [5.74, 6) is 0. The monoisotopic (exact) mass is 368 g/mol. The van der Waals surface area contributed by atoms with E-state index in [0.717, 1.165) is 37.6 Å². The van der Waals surface area contributed by atoms with Gasteiger partial charge in [-0.05, 0) is 42.3 Å². The summed E-state index contributed by atoms with van der Waals surface area (Å²) in [7, 11) is 2.07. The standard InChI is InChI=1S/C19H20N4O2S/c1-21-6-8-22(9-7-21)17-5-4-15(12-18(17)23(24)25)20-16-11-14-3-2-10-26-19(14)13-16/h2-5,10-13,20H,6-9H2,1H3. The van der Waals surface area contributed by atoms with Crippen LogP contribution in [-0.4, -0.2) is 43.0 Å². The van der Waals surface area contributed by atoms with Gasteiger partial charge < -0.3 is 15.1 Å². The smallest absolute Gasteiger partial charge is 0.294 e. The molecule has 26 heavy (non-hydrogen) atoms. The van der Waals surface area contributed by atoms with Gasteiger partial charge >= 0.3 is 0 Å². The number of rotatable bonds is 4. The van der Waals surface area contributed by atoms with Crippen LogP contribution in [0.3, 0.4) is 0 Å². The first-order chi connectivity index (χ1) is 12.6. The van der Waals surface area contributed by atoms with Gasteiger partial charge in [-0.2, -0.15) is 0 Å². The van der Waals surface area contributed by atoms with Gasteiger partial charge in [0.05, 0.1) is 4.92 Å². The summed E-state index contributed by atoms with van der Waals surface area (Å²) >= 11 is 1.68. The van der Waals surface area contributed by atoms with Gasteiger partial charge in [0.25, 0.3) is 5.69 Å². The molecule has 0 unspecified atom stereocenters. The fraction of sp³-hybridized carbons (Fsp3) is 0.263. The Labute approximate surface area is 156 Å². The van der Waals surface area contributed by atoms with Crippen molar-refractivity contribution in [3.63, 3.8) is 0 Å². The Morgan fingerprint density at radius 1 is 1.08 bits per heavy atom. The second-order valence-corrected chi connectivity index (χ2v) is 7.50. The molecule has 7 heteroatoms. The largest absolute Gasteiger partial charge is 0.363 e. The number of hydrogen-bond acceptors (Lipinski definition) is 6. The first-order valence-electron chi connectivity index (χ1n) is 8.56. The molecule has 1 aromatic rings. The van der Waals surface area contributed by atoms with E-state index >= 15 is 0 Å². The number of likely N-dealkylation sites (N-methyl/N-ethyl adjacent to an activating group) is 1. The van der Waals surface area contributed by atoms with Crippen LogP contribution in [0.15, 0.2) is 47.8 Å². The number of piperazine rings is 1. The first-order valence-corrected chi connectivity index (χ1v) is 9.44. The van der Waals surface area contributed by atoms with Crippen molar-refractivity contribution in [2.24, 2.45) is 0 Å². The van der Waals surface area contributed by atoms with E-state index in [0.29, 0.717) is 5.69 Å². The molecule has 0 spiro atoms. The van der Waals surface area contributed by atoms with Gasteiger partial charge in [0.2, 0.25) is 0 Å². The number of nitrogens with zero attached hydrogens (tertiary/aromatic N) is 3. The SMILES string of the molecule is CN1CCN(c2ccc(Nc3cc4cccsc-4c3)cc2[N+](=O)[O-])CC1. The molecule has 4 rings (SSSR count). The molecule has 0 bridgehead atoms. The molecule has 0 amide bonds. The molecule has 0 aromatic heterocycles. The number of nitrogens with one attached hydrogen (secondary N) is 1. The molecular formula is C19H20N4O2S. The third-order valence-corrected chi connectivity index (χ3v) is 5.64. The predicted molar refractivity (Wildman–Crippen MR) is 107 cm³/mol. The molecule has 2 heterocycles. The lowest BCUT2D eigenvalue weighted by Gasteiger charge is -2.33. The molecule has 0 saturated carbocycles. The van der Waals surface area contributed by atoms with Crippen LogP contribution in [0.1, 0.15) is 0 Å². The fourth-order valence-electron chi connectivity index (χ4n) is 3.29. The number of nitro groups is 1. The van der Waals surface area contributed by atoms with Gasteiger partial charge in [-0.15, -0.1) is 11.3 Å². The van der Waals surface area contributed by atoms with Crippen LogP contribution in [0.5, 0.6) is 0 Å². The summed E-state index contributed by atoms with van der Waals surface area (Å²) in [6, 6.07) is 13.6. The van der Waals surface area contributed by atoms with Crippen LogP contribution < -0.4 is 10.2 Å². The van der Waals surface area contributed by atoms with Crippen molar-refractivity contribution in [2.45, 2.75) is 0 Å². The highest BCUT2D eigenvalue weighted by atomic mass is 32.1. The minimum absolute atomic E-state index is 0.151. The maximum atomic E-state index is 11.6. The van der Waals surface area contributed by atoms with Crippen LogP contribution >= 0.6 is 11.3 Å². The van der Waals surface area contributed by atoms with Crippen LogP contribution in [0.25, 0.3) is 10.4 Å². The van der Waals surface area contributed by atoms with Gasteiger partial charge in [-0.25, -0.2) is 0 Å². The van der Waals surface area contributed by atoms with Crippen molar-refractivity contribution >= 4 is 34.1 Å². The molecule has 1 aromatic carbocycles. The Bertz CT molecular complexity index is 872. The number of hydrogen-bond donors (Lipinski definition) is 1. The average Bonchev–Trinajstić information content (AvgIpc) is 3.04. The Morgan fingerprint density at radius 3 is 2.62 bits per heavy atom. The van der Waals surface area contributed by atoms with Crippen molar-refractivity contribution in [1.29, 1.82) is 0 Å². The van der Waals surface area contributed by atoms with E-state index in [1.807, 2.05) is 23.6 Å². The van der Waals surface area contributed by atoms with Crippen molar-refractivity contribution in [2.75, 3.05) is 43.4 Å². The Kier molecular flexibility index (Phi) is 4.48. The third kappa shape index (κ3) is 3.36. The van der Waals surface area contributed by atoms with Crippen LogP contribution in [0, 0.1) is 10.1 Å². The lowest BCUT2D eigenvalue weighted by atomic mass is 10.2. The number of anilines is 3. The summed E-state index contributed by atoms with van der Waals surface area (Å²) < 4.78 is 0. The van der Waals surface area contributed by atoms with Crippen molar-refractivity contribution in [1.82, 2.24) is 4.90 Å². The zero-order valence-electron chi connectivity index (χ0n) is 14.5. The Hall–Kier alpha value is -2.64. The van der Waals surface area contributed by atoms with E-state index in [4.69, 9.17) is 0 Å².